The maximum Gasteiger partial charge on any atom is 0.326 e. The van der Waals surface area contributed by atoms with Crippen LogP contribution in [-0.2, 0) is 19.2 Å². The van der Waals surface area contributed by atoms with Gasteiger partial charge in [0.05, 0.1) is 6.61 Å². The fraction of sp³-hybridized carbons (Fsp3) is 0.722. The number of nitrogens with zero attached hydrogens (tertiary/aromatic N) is 1. The highest BCUT2D eigenvalue weighted by Gasteiger charge is 2.29. The van der Waals surface area contributed by atoms with Crippen molar-refractivity contribution in [3.63, 3.8) is 0 Å². The Kier molecular flexibility index (Phi) is 14.0. The van der Waals surface area contributed by atoms with Crippen molar-refractivity contribution in [3.05, 3.63) is 0 Å². The molecule has 3 amide bonds. The predicted octanol–water partition coefficient (Wildman–Crippen LogP) is -3.13. The number of aliphatic hydroxyl groups excluding tert-OH is 1. The lowest BCUT2D eigenvalue weighted by atomic mass is 10.0. The second kappa shape index (κ2) is 15.3. The molecular weight excluding hydrogens is 442 g/mol. The van der Waals surface area contributed by atoms with Gasteiger partial charge in [-0.1, -0.05) is 13.8 Å². The standard InChI is InChI=1S/C18H35N7O6S/c1-9(2)6-12(17(30)31)24-15(28)11(4-3-5-22-18(20)21)23-16(29)13(8-32)25-14(27)10(19)7-26/h9-13,26,32H,3-8,19H2,1-2H3,(H,23,29)(H,24,28)(H,25,27)(H,30,31)(H4,20,21,22). The number of amides is 3. The van der Waals surface area contributed by atoms with Crippen molar-refractivity contribution in [3.8, 4) is 0 Å². The number of carboxylic acid groups (broad SMARTS) is 1. The van der Waals surface area contributed by atoms with E-state index in [4.69, 9.17) is 22.3 Å². The molecule has 0 saturated carbocycles. The van der Waals surface area contributed by atoms with Crippen LogP contribution >= 0.6 is 12.6 Å². The predicted molar refractivity (Wildman–Crippen MR) is 122 cm³/mol. The molecule has 0 aliphatic rings. The number of aliphatic imine (C=N–C) groups is 1. The molecule has 0 rings (SSSR count). The number of nitrogens with one attached hydrogen (secondary N) is 3. The summed E-state index contributed by atoms with van der Waals surface area (Å²) in [6.45, 7) is 3.20. The van der Waals surface area contributed by atoms with Gasteiger partial charge in [-0.15, -0.1) is 0 Å². The molecule has 32 heavy (non-hydrogen) atoms. The molecule has 184 valence electrons. The third kappa shape index (κ3) is 11.7. The maximum atomic E-state index is 12.8. The minimum atomic E-state index is -1.23. The lowest BCUT2D eigenvalue weighted by Crippen LogP contribution is -2.58. The van der Waals surface area contributed by atoms with E-state index in [9.17, 15) is 24.3 Å². The average Bonchev–Trinajstić information content (AvgIpc) is 2.71. The number of carboxylic acids is 1. The molecule has 4 unspecified atom stereocenters. The number of carbonyl (C=O) groups excluding carboxylic acids is 3. The number of hydrogen-bond donors (Lipinski definition) is 9. The first-order valence-electron chi connectivity index (χ1n) is 10.1. The number of nitrogens with two attached hydrogens (primary N) is 3. The van der Waals surface area contributed by atoms with Crippen molar-refractivity contribution in [1.29, 1.82) is 0 Å². The fourth-order valence-electron chi connectivity index (χ4n) is 2.57. The summed E-state index contributed by atoms with van der Waals surface area (Å²) in [6, 6.07) is -4.61. The van der Waals surface area contributed by atoms with Crippen molar-refractivity contribution < 1.29 is 29.4 Å². The summed E-state index contributed by atoms with van der Waals surface area (Å²) < 4.78 is 0. The van der Waals surface area contributed by atoms with Crippen molar-refractivity contribution in [2.75, 3.05) is 18.9 Å². The number of aliphatic hydroxyl groups is 1. The fourth-order valence-corrected chi connectivity index (χ4v) is 2.82. The van der Waals surface area contributed by atoms with Crippen LogP contribution in [0.15, 0.2) is 4.99 Å². The highest BCUT2D eigenvalue weighted by atomic mass is 32.1. The number of hydrogen-bond acceptors (Lipinski definition) is 8. The zero-order chi connectivity index (χ0) is 24.8. The molecule has 0 spiro atoms. The summed E-state index contributed by atoms with van der Waals surface area (Å²) in [4.78, 5) is 52.6. The zero-order valence-electron chi connectivity index (χ0n) is 18.3. The van der Waals surface area contributed by atoms with E-state index >= 15 is 0 Å². The number of rotatable bonds is 15. The van der Waals surface area contributed by atoms with Gasteiger partial charge in [0.25, 0.3) is 0 Å². The molecule has 0 aliphatic heterocycles. The first-order valence-corrected chi connectivity index (χ1v) is 10.7. The number of aliphatic carboxylic acids is 1. The molecule has 0 aromatic carbocycles. The molecule has 14 heteroatoms. The molecule has 11 N–H and O–H groups in total. The van der Waals surface area contributed by atoms with Crippen molar-refractivity contribution in [2.24, 2.45) is 28.1 Å². The van der Waals surface area contributed by atoms with E-state index in [1.165, 1.54) is 0 Å². The van der Waals surface area contributed by atoms with Gasteiger partial charge in [0, 0.05) is 12.3 Å². The summed E-state index contributed by atoms with van der Waals surface area (Å²) in [5.41, 5.74) is 16.0. The summed E-state index contributed by atoms with van der Waals surface area (Å²) >= 11 is 4.03. The van der Waals surface area contributed by atoms with Gasteiger partial charge in [0.2, 0.25) is 17.7 Å². The monoisotopic (exact) mass is 477 g/mol. The smallest absolute Gasteiger partial charge is 0.326 e. The third-order valence-corrected chi connectivity index (χ3v) is 4.61. The molecule has 13 nitrogen and oxygen atoms in total. The molecule has 0 aromatic rings. The Morgan fingerprint density at radius 1 is 0.969 bits per heavy atom. The average molecular weight is 478 g/mol. The topological polar surface area (TPSA) is 235 Å². The van der Waals surface area contributed by atoms with Crippen LogP contribution in [-0.4, -0.2) is 82.9 Å². The van der Waals surface area contributed by atoms with Gasteiger partial charge in [0.15, 0.2) is 5.96 Å². The molecule has 0 aliphatic carbocycles. The van der Waals surface area contributed by atoms with Crippen molar-refractivity contribution >= 4 is 42.3 Å². The Labute approximate surface area is 192 Å². The van der Waals surface area contributed by atoms with E-state index in [0.29, 0.717) is 6.42 Å². The first-order chi connectivity index (χ1) is 14.9. The van der Waals surface area contributed by atoms with Crippen LogP contribution < -0.4 is 33.2 Å². The van der Waals surface area contributed by atoms with E-state index in [-0.39, 0.29) is 37.0 Å². The summed E-state index contributed by atoms with van der Waals surface area (Å²) in [5, 5.41) is 25.6. The van der Waals surface area contributed by atoms with Crippen LogP contribution in [0.1, 0.15) is 33.1 Å². The SMILES string of the molecule is CC(C)CC(NC(=O)C(CCCN=C(N)N)NC(=O)C(CS)NC(=O)C(N)CO)C(=O)O. The Hall–Kier alpha value is -2.58. The minimum Gasteiger partial charge on any atom is -0.480 e. The van der Waals surface area contributed by atoms with Crippen LogP contribution in [0, 0.1) is 5.92 Å². The quantitative estimate of drug-likeness (QED) is 0.0501. The van der Waals surface area contributed by atoms with Gasteiger partial charge in [-0.25, -0.2) is 4.79 Å². The van der Waals surface area contributed by atoms with Gasteiger partial charge >= 0.3 is 5.97 Å². The molecule has 0 bridgehead atoms. The van der Waals surface area contributed by atoms with Gasteiger partial charge in [-0.3, -0.25) is 19.4 Å². The van der Waals surface area contributed by atoms with Crippen LogP contribution in [0.3, 0.4) is 0 Å². The highest BCUT2D eigenvalue weighted by Crippen LogP contribution is 2.07. The van der Waals surface area contributed by atoms with Crippen molar-refractivity contribution in [1.82, 2.24) is 16.0 Å². The highest BCUT2D eigenvalue weighted by molar-refractivity contribution is 7.80. The molecule has 4 atom stereocenters. The molecule has 0 aromatic heterocycles. The van der Waals surface area contributed by atoms with E-state index < -0.39 is 54.5 Å². The van der Waals surface area contributed by atoms with Crippen LogP contribution in [0.5, 0.6) is 0 Å². The Morgan fingerprint density at radius 2 is 1.50 bits per heavy atom. The van der Waals surface area contributed by atoms with Crippen LogP contribution in [0.4, 0.5) is 0 Å². The zero-order valence-corrected chi connectivity index (χ0v) is 19.2. The molecular formula is C18H35N7O6S. The Balaban J connectivity index is 5.37. The van der Waals surface area contributed by atoms with E-state index in [2.05, 4.69) is 33.6 Å². The van der Waals surface area contributed by atoms with Gasteiger partial charge < -0.3 is 43.4 Å². The van der Waals surface area contributed by atoms with E-state index in [1.54, 1.807) is 0 Å². The summed E-state index contributed by atoms with van der Waals surface area (Å²) in [5.74, 6) is -3.62. The second-order valence-electron chi connectivity index (χ2n) is 7.57. The second-order valence-corrected chi connectivity index (χ2v) is 7.94. The Morgan fingerprint density at radius 3 is 1.97 bits per heavy atom. The molecule has 0 radical (unpaired) electrons. The lowest BCUT2D eigenvalue weighted by Gasteiger charge is -2.24. The summed E-state index contributed by atoms with van der Waals surface area (Å²) in [6.07, 6.45) is 0.612. The van der Waals surface area contributed by atoms with Gasteiger partial charge in [0.1, 0.15) is 24.2 Å². The van der Waals surface area contributed by atoms with E-state index in [1.807, 2.05) is 13.8 Å². The van der Waals surface area contributed by atoms with Crippen LogP contribution in [0.25, 0.3) is 0 Å². The largest absolute Gasteiger partial charge is 0.480 e. The summed E-state index contributed by atoms with van der Waals surface area (Å²) in [7, 11) is 0. The minimum absolute atomic E-state index is 0.00539. The maximum absolute atomic E-state index is 12.8. The first kappa shape index (κ1) is 29.4. The van der Waals surface area contributed by atoms with Crippen molar-refractivity contribution in [2.45, 2.75) is 57.3 Å². The third-order valence-electron chi connectivity index (χ3n) is 4.25. The molecule has 0 heterocycles. The van der Waals surface area contributed by atoms with E-state index in [0.717, 1.165) is 0 Å². The number of guanidine groups is 1. The number of carbonyl (C=O) groups is 4. The van der Waals surface area contributed by atoms with Crippen LogP contribution in [0.2, 0.25) is 0 Å². The lowest BCUT2D eigenvalue weighted by molar-refractivity contribution is -0.142. The van der Waals surface area contributed by atoms with Gasteiger partial charge in [-0.2, -0.15) is 12.6 Å². The normalized spacial score (nSPS) is 14.6. The molecule has 0 fully saturated rings. The molecule has 0 saturated heterocycles. The number of thiol groups is 1. The van der Waals surface area contributed by atoms with Gasteiger partial charge in [-0.05, 0) is 25.2 Å². The Bertz CT molecular complexity index is 672.